The maximum atomic E-state index is 11.8. The Hall–Kier alpha value is -1.81. The molecule has 0 spiro atoms. The van der Waals surface area contributed by atoms with Gasteiger partial charge < -0.3 is 15.6 Å². The van der Waals surface area contributed by atoms with Gasteiger partial charge in [-0.05, 0) is 13.0 Å². The minimum absolute atomic E-state index is 0.0181. The quantitative estimate of drug-likeness (QED) is 0.837. The average Bonchev–Trinajstić information content (AvgIpc) is 2.35. The minimum Gasteiger partial charge on any atom is -0.381 e. The molecule has 0 bridgehead atoms. The Morgan fingerprint density at radius 1 is 1.41 bits per heavy atom. The fourth-order valence-electron chi connectivity index (χ4n) is 1.85. The van der Waals surface area contributed by atoms with Gasteiger partial charge in [-0.2, -0.15) is 0 Å². The molecule has 0 aliphatic carbocycles. The van der Waals surface area contributed by atoms with Crippen LogP contribution in [0.25, 0.3) is 10.9 Å². The van der Waals surface area contributed by atoms with Crippen molar-refractivity contribution in [3.63, 3.8) is 0 Å². The zero-order chi connectivity index (χ0) is 12.4. The monoisotopic (exact) mass is 231 g/mol. The maximum absolute atomic E-state index is 11.8. The fourth-order valence-corrected chi connectivity index (χ4v) is 1.85. The molecular formula is C13H17N3O. The van der Waals surface area contributed by atoms with Crippen molar-refractivity contribution in [1.29, 1.82) is 0 Å². The zero-order valence-electron chi connectivity index (χ0n) is 10.1. The summed E-state index contributed by atoms with van der Waals surface area (Å²) >= 11 is 0. The summed E-state index contributed by atoms with van der Waals surface area (Å²) < 4.78 is 1.65. The molecule has 3 N–H and O–H groups in total. The lowest BCUT2D eigenvalue weighted by atomic mass is 10.1. The van der Waals surface area contributed by atoms with Crippen molar-refractivity contribution < 1.29 is 0 Å². The van der Waals surface area contributed by atoms with Gasteiger partial charge in [0.15, 0.2) is 0 Å². The van der Waals surface area contributed by atoms with Crippen molar-refractivity contribution in [3.05, 3.63) is 40.7 Å². The predicted molar refractivity (Wildman–Crippen MR) is 71.3 cm³/mol. The largest absolute Gasteiger partial charge is 0.381 e. The molecule has 1 atom stereocenters. The number of nitrogens with two attached hydrogens (primary N) is 1. The summed E-state index contributed by atoms with van der Waals surface area (Å²) in [6.45, 7) is 2.52. The average molecular weight is 231 g/mol. The summed E-state index contributed by atoms with van der Waals surface area (Å²) in [4.78, 5) is 11.8. The van der Waals surface area contributed by atoms with Crippen LogP contribution in [0.5, 0.6) is 0 Å². The molecule has 1 unspecified atom stereocenters. The number of nitrogens with zero attached hydrogens (tertiary/aromatic N) is 1. The van der Waals surface area contributed by atoms with E-state index in [2.05, 4.69) is 5.32 Å². The highest BCUT2D eigenvalue weighted by atomic mass is 16.1. The minimum atomic E-state index is -0.0181. The number of aryl methyl sites for hydroxylation is 1. The van der Waals surface area contributed by atoms with Gasteiger partial charge in [0.25, 0.3) is 5.56 Å². The van der Waals surface area contributed by atoms with Crippen molar-refractivity contribution in [2.45, 2.75) is 13.0 Å². The highest BCUT2D eigenvalue weighted by Crippen LogP contribution is 2.21. The molecule has 0 saturated heterocycles. The summed E-state index contributed by atoms with van der Waals surface area (Å²) in [7, 11) is 1.78. The molecule has 1 aromatic carbocycles. The Kier molecular flexibility index (Phi) is 3.15. The van der Waals surface area contributed by atoms with Crippen LogP contribution in [0.4, 0.5) is 5.69 Å². The Labute approximate surface area is 100 Å². The van der Waals surface area contributed by atoms with E-state index in [1.807, 2.05) is 31.2 Å². The van der Waals surface area contributed by atoms with Crippen molar-refractivity contribution in [3.8, 4) is 0 Å². The van der Waals surface area contributed by atoms with Gasteiger partial charge in [0, 0.05) is 36.8 Å². The molecule has 4 nitrogen and oxygen atoms in total. The number of rotatable bonds is 3. The topological polar surface area (TPSA) is 60.0 Å². The molecule has 90 valence electrons. The Balaban J connectivity index is 2.63. The third-order valence-corrected chi connectivity index (χ3v) is 2.91. The van der Waals surface area contributed by atoms with Crippen LogP contribution in [0.1, 0.15) is 6.92 Å². The first kappa shape index (κ1) is 11.7. The molecule has 4 heteroatoms. The Bertz CT molecular complexity index is 589. The van der Waals surface area contributed by atoms with E-state index in [9.17, 15) is 4.79 Å². The van der Waals surface area contributed by atoms with Gasteiger partial charge >= 0.3 is 0 Å². The number of anilines is 1. The van der Waals surface area contributed by atoms with Crippen LogP contribution in [0.3, 0.4) is 0 Å². The molecule has 0 amide bonds. The molecular weight excluding hydrogens is 214 g/mol. The van der Waals surface area contributed by atoms with Gasteiger partial charge in [-0.15, -0.1) is 0 Å². The second kappa shape index (κ2) is 4.59. The van der Waals surface area contributed by atoms with Crippen molar-refractivity contribution in [2.24, 2.45) is 12.8 Å². The third kappa shape index (κ3) is 2.17. The van der Waals surface area contributed by atoms with Crippen LogP contribution in [-0.4, -0.2) is 17.2 Å². The van der Waals surface area contributed by atoms with Crippen LogP contribution in [0.15, 0.2) is 35.1 Å². The van der Waals surface area contributed by atoms with E-state index in [0.29, 0.717) is 6.54 Å². The normalized spacial score (nSPS) is 12.6. The molecule has 0 aliphatic rings. The number of hydrogen-bond acceptors (Lipinski definition) is 3. The summed E-state index contributed by atoms with van der Waals surface area (Å²) in [6, 6.07) is 9.60. The number of nitrogens with one attached hydrogen (secondary N) is 1. The van der Waals surface area contributed by atoms with Gasteiger partial charge in [0.2, 0.25) is 0 Å². The van der Waals surface area contributed by atoms with Gasteiger partial charge in [0.1, 0.15) is 0 Å². The predicted octanol–water partition coefficient (Wildman–Crippen LogP) is 1.30. The van der Waals surface area contributed by atoms with Gasteiger partial charge in [0.05, 0.1) is 5.52 Å². The van der Waals surface area contributed by atoms with Crippen molar-refractivity contribution in [1.82, 2.24) is 4.57 Å². The summed E-state index contributed by atoms with van der Waals surface area (Å²) in [6.07, 6.45) is 0. The van der Waals surface area contributed by atoms with Gasteiger partial charge in [-0.3, -0.25) is 4.79 Å². The smallest absolute Gasteiger partial charge is 0.252 e. The number of fused-ring (bicyclic) bond motifs is 1. The first-order valence-corrected chi connectivity index (χ1v) is 5.69. The SMILES string of the molecule is CC(CN)Nc1cc(=O)n(C)c2ccccc12. The van der Waals surface area contributed by atoms with Crippen LogP contribution in [0.2, 0.25) is 0 Å². The van der Waals surface area contributed by atoms with E-state index in [1.165, 1.54) is 0 Å². The van der Waals surface area contributed by atoms with Crippen molar-refractivity contribution >= 4 is 16.6 Å². The Morgan fingerprint density at radius 2 is 2.12 bits per heavy atom. The van der Waals surface area contributed by atoms with Crippen molar-refractivity contribution in [2.75, 3.05) is 11.9 Å². The highest BCUT2D eigenvalue weighted by molar-refractivity contribution is 5.91. The van der Waals surface area contributed by atoms with E-state index >= 15 is 0 Å². The van der Waals surface area contributed by atoms with E-state index in [1.54, 1.807) is 17.7 Å². The number of aromatic nitrogens is 1. The van der Waals surface area contributed by atoms with Crippen LogP contribution >= 0.6 is 0 Å². The number of hydrogen-bond donors (Lipinski definition) is 2. The van der Waals surface area contributed by atoms with Gasteiger partial charge in [-0.25, -0.2) is 0 Å². The van der Waals surface area contributed by atoms with Gasteiger partial charge in [-0.1, -0.05) is 18.2 Å². The first-order chi connectivity index (χ1) is 8.13. The standard InChI is InChI=1S/C13H17N3O/c1-9(8-14)15-11-7-13(17)16(2)12-6-4-3-5-10(11)12/h3-7,9,15H,8,14H2,1-2H3. The molecule has 0 saturated carbocycles. The lowest BCUT2D eigenvalue weighted by Gasteiger charge is -2.16. The molecule has 2 rings (SSSR count). The van der Waals surface area contributed by atoms with E-state index in [0.717, 1.165) is 16.6 Å². The molecule has 1 aromatic heterocycles. The van der Waals surface area contributed by atoms with Crippen LogP contribution < -0.4 is 16.6 Å². The number of para-hydroxylation sites is 1. The van der Waals surface area contributed by atoms with E-state index in [4.69, 9.17) is 5.73 Å². The summed E-state index contributed by atoms with van der Waals surface area (Å²) in [5, 5.41) is 4.30. The highest BCUT2D eigenvalue weighted by Gasteiger charge is 2.07. The fraction of sp³-hybridized carbons (Fsp3) is 0.308. The van der Waals surface area contributed by atoms with Crippen LogP contribution in [0, 0.1) is 0 Å². The van der Waals surface area contributed by atoms with E-state index in [-0.39, 0.29) is 11.6 Å². The molecule has 1 heterocycles. The molecule has 0 fully saturated rings. The second-order valence-electron chi connectivity index (χ2n) is 4.25. The van der Waals surface area contributed by atoms with Crippen LogP contribution in [-0.2, 0) is 7.05 Å². The Morgan fingerprint density at radius 3 is 2.82 bits per heavy atom. The molecule has 0 radical (unpaired) electrons. The lowest BCUT2D eigenvalue weighted by Crippen LogP contribution is -2.27. The second-order valence-corrected chi connectivity index (χ2v) is 4.25. The zero-order valence-corrected chi connectivity index (χ0v) is 10.1. The first-order valence-electron chi connectivity index (χ1n) is 5.69. The summed E-state index contributed by atoms with van der Waals surface area (Å²) in [5.41, 5.74) is 7.34. The maximum Gasteiger partial charge on any atom is 0.252 e. The third-order valence-electron chi connectivity index (χ3n) is 2.91. The number of pyridine rings is 1. The summed E-state index contributed by atoms with van der Waals surface area (Å²) in [5.74, 6) is 0. The molecule has 0 aliphatic heterocycles. The molecule has 2 aromatic rings. The number of benzene rings is 1. The van der Waals surface area contributed by atoms with E-state index < -0.39 is 0 Å². The molecule has 17 heavy (non-hydrogen) atoms. The lowest BCUT2D eigenvalue weighted by molar-refractivity contribution is 0.803.